The lowest BCUT2D eigenvalue weighted by Gasteiger charge is -1.96. The Morgan fingerprint density at radius 1 is 1.82 bits per heavy atom. The van der Waals surface area contributed by atoms with E-state index in [4.69, 9.17) is 10.4 Å². The van der Waals surface area contributed by atoms with Crippen molar-refractivity contribution in [3.8, 4) is 6.26 Å². The maximum atomic E-state index is 10.4. The zero-order valence-electron chi connectivity index (χ0n) is 6.63. The molecule has 0 aromatic heterocycles. The molecule has 0 aliphatic carbocycles. The zero-order chi connectivity index (χ0) is 9.28. The summed E-state index contributed by atoms with van der Waals surface area (Å²) in [5, 5.41) is 13.8. The van der Waals surface area contributed by atoms with Crippen molar-refractivity contribution in [2.45, 2.75) is 13.8 Å². The number of carbonyl (C=O) groups is 1. The van der Waals surface area contributed by atoms with Crippen molar-refractivity contribution < 1.29 is 14.6 Å². The van der Waals surface area contributed by atoms with Crippen LogP contribution in [0, 0.1) is 11.5 Å². The summed E-state index contributed by atoms with van der Waals surface area (Å²) < 4.78 is 4.56. The Morgan fingerprint density at radius 2 is 2.18 bits per heavy atom. The highest BCUT2D eigenvalue weighted by atomic mass is 16.5. The summed E-state index contributed by atoms with van der Waals surface area (Å²) in [6, 6.07) is 0. The van der Waals surface area contributed by atoms with E-state index in [1.807, 2.05) is 0 Å². The highest BCUT2D eigenvalue weighted by Gasteiger charge is 1.98. The van der Waals surface area contributed by atoms with E-state index in [0.29, 0.717) is 12.2 Å². The molecule has 0 fully saturated rings. The SMILES string of the molecule is C=C(C)C(=O)OCC.N#CO. The molecule has 4 nitrogen and oxygen atoms in total. The van der Waals surface area contributed by atoms with Crippen LogP contribution >= 0.6 is 0 Å². The molecular weight excluding hydrogens is 146 g/mol. The molecule has 0 aliphatic rings. The minimum absolute atomic E-state index is 0.312. The molecule has 0 amide bonds. The summed E-state index contributed by atoms with van der Waals surface area (Å²) in [6.45, 7) is 7.21. The Morgan fingerprint density at radius 3 is 2.27 bits per heavy atom. The Balaban J connectivity index is 0. The van der Waals surface area contributed by atoms with Crippen molar-refractivity contribution >= 4 is 5.97 Å². The van der Waals surface area contributed by atoms with Gasteiger partial charge in [0.15, 0.2) is 0 Å². The van der Waals surface area contributed by atoms with Gasteiger partial charge in [0.2, 0.25) is 0 Å². The Bertz CT molecular complexity index is 169. The second-order valence-corrected chi connectivity index (χ2v) is 1.60. The number of carbonyl (C=O) groups excluding carboxylic acids is 1. The van der Waals surface area contributed by atoms with Gasteiger partial charge in [-0.2, -0.15) is 5.26 Å². The molecule has 0 saturated heterocycles. The highest BCUT2D eigenvalue weighted by molar-refractivity contribution is 5.86. The summed E-state index contributed by atoms with van der Waals surface area (Å²) in [5.74, 6) is -0.312. The molecule has 1 N–H and O–H groups in total. The van der Waals surface area contributed by atoms with Crippen LogP contribution in [0.15, 0.2) is 12.2 Å². The standard InChI is InChI=1S/C6H10O2.CHNO/c1-4-8-6(7)5(2)3;2-1-3/h2,4H2,1,3H3;3H. The van der Waals surface area contributed by atoms with Gasteiger partial charge in [0.1, 0.15) is 0 Å². The van der Waals surface area contributed by atoms with Crippen LogP contribution in [0.3, 0.4) is 0 Å². The average Bonchev–Trinajstić information content (AvgIpc) is 1.90. The fourth-order valence-corrected chi connectivity index (χ4v) is 0.254. The number of hydrogen-bond acceptors (Lipinski definition) is 4. The zero-order valence-corrected chi connectivity index (χ0v) is 6.63. The van der Waals surface area contributed by atoms with Crippen molar-refractivity contribution in [1.29, 1.82) is 5.26 Å². The largest absolute Gasteiger partial charge is 0.463 e. The van der Waals surface area contributed by atoms with E-state index in [9.17, 15) is 4.79 Å². The molecule has 0 aromatic rings. The topological polar surface area (TPSA) is 70.3 Å². The third-order valence-electron chi connectivity index (χ3n) is 0.624. The number of aliphatic hydroxyl groups excluding tert-OH is 1. The van der Waals surface area contributed by atoms with Crippen LogP contribution < -0.4 is 0 Å². The van der Waals surface area contributed by atoms with Gasteiger partial charge in [-0.25, -0.2) is 4.79 Å². The van der Waals surface area contributed by atoms with Crippen LogP contribution in [0.5, 0.6) is 0 Å². The lowest BCUT2D eigenvalue weighted by molar-refractivity contribution is -0.138. The lowest BCUT2D eigenvalue weighted by atomic mass is 10.4. The average molecular weight is 157 g/mol. The Hall–Kier alpha value is -1.50. The molecule has 0 spiro atoms. The van der Waals surface area contributed by atoms with Gasteiger partial charge in [-0.05, 0) is 13.8 Å². The van der Waals surface area contributed by atoms with Gasteiger partial charge in [-0.1, -0.05) is 6.58 Å². The minimum Gasteiger partial charge on any atom is -0.463 e. The second kappa shape index (κ2) is 8.50. The second-order valence-electron chi connectivity index (χ2n) is 1.60. The first kappa shape index (κ1) is 12.2. The number of esters is 1. The van der Waals surface area contributed by atoms with Crippen LogP contribution in [0.4, 0.5) is 0 Å². The van der Waals surface area contributed by atoms with E-state index >= 15 is 0 Å². The molecule has 0 saturated carbocycles. The number of nitriles is 1. The Kier molecular flexibility index (Phi) is 9.43. The van der Waals surface area contributed by atoms with E-state index in [0.717, 1.165) is 6.26 Å². The Labute approximate surface area is 65.7 Å². The van der Waals surface area contributed by atoms with Crippen molar-refractivity contribution in [1.82, 2.24) is 0 Å². The maximum Gasteiger partial charge on any atom is 0.333 e. The van der Waals surface area contributed by atoms with Crippen LogP contribution in [-0.2, 0) is 9.53 Å². The van der Waals surface area contributed by atoms with Gasteiger partial charge in [0.05, 0.1) is 6.61 Å². The summed E-state index contributed by atoms with van der Waals surface area (Å²) in [7, 11) is 0. The van der Waals surface area contributed by atoms with Crippen molar-refractivity contribution in [2.24, 2.45) is 0 Å². The number of nitrogens with zero attached hydrogens (tertiary/aromatic N) is 1. The molecule has 4 heteroatoms. The molecule has 0 heterocycles. The van der Waals surface area contributed by atoms with Gasteiger partial charge in [-0.15, -0.1) is 0 Å². The first-order chi connectivity index (χ1) is 5.09. The summed E-state index contributed by atoms with van der Waals surface area (Å²) >= 11 is 0. The van der Waals surface area contributed by atoms with Crippen molar-refractivity contribution in [3.63, 3.8) is 0 Å². The molecule has 0 aliphatic heterocycles. The summed E-state index contributed by atoms with van der Waals surface area (Å²) in [6.07, 6.45) is 0.750. The van der Waals surface area contributed by atoms with E-state index in [1.165, 1.54) is 0 Å². The molecule has 0 atom stereocenters. The van der Waals surface area contributed by atoms with Crippen molar-refractivity contribution in [2.75, 3.05) is 6.61 Å². The molecule has 0 bridgehead atoms. The maximum absolute atomic E-state index is 10.4. The van der Waals surface area contributed by atoms with Gasteiger partial charge in [0, 0.05) is 5.57 Å². The van der Waals surface area contributed by atoms with Gasteiger partial charge >= 0.3 is 5.97 Å². The normalized spacial score (nSPS) is 6.64. The van der Waals surface area contributed by atoms with Crippen molar-refractivity contribution in [3.05, 3.63) is 12.2 Å². The summed E-state index contributed by atoms with van der Waals surface area (Å²) in [5.41, 5.74) is 0.451. The fourth-order valence-electron chi connectivity index (χ4n) is 0.254. The van der Waals surface area contributed by atoms with Gasteiger partial charge < -0.3 is 9.84 Å². The van der Waals surface area contributed by atoms with E-state index in [2.05, 4.69) is 11.3 Å². The van der Waals surface area contributed by atoms with Crippen LogP contribution in [0.2, 0.25) is 0 Å². The molecule has 0 aromatic carbocycles. The lowest BCUT2D eigenvalue weighted by Crippen LogP contribution is -2.03. The molecule has 0 rings (SSSR count). The minimum atomic E-state index is -0.312. The highest BCUT2D eigenvalue weighted by Crippen LogP contribution is 1.89. The summed E-state index contributed by atoms with van der Waals surface area (Å²) in [4.78, 5) is 10.4. The molecular formula is C7H11NO3. The predicted molar refractivity (Wildman–Crippen MR) is 39.0 cm³/mol. The first-order valence-electron chi connectivity index (χ1n) is 2.95. The predicted octanol–water partition coefficient (Wildman–Crippen LogP) is 0.966. The molecule has 62 valence electrons. The van der Waals surface area contributed by atoms with Crippen LogP contribution in [0.25, 0.3) is 0 Å². The number of ether oxygens (including phenoxy) is 1. The molecule has 0 radical (unpaired) electrons. The quantitative estimate of drug-likeness (QED) is 0.368. The van der Waals surface area contributed by atoms with Crippen LogP contribution in [0.1, 0.15) is 13.8 Å². The number of rotatable bonds is 2. The first-order valence-corrected chi connectivity index (χ1v) is 2.95. The third-order valence-corrected chi connectivity index (χ3v) is 0.624. The molecule has 11 heavy (non-hydrogen) atoms. The van der Waals surface area contributed by atoms with E-state index < -0.39 is 0 Å². The number of hydrogen-bond donors (Lipinski definition) is 1. The van der Waals surface area contributed by atoms with Crippen LogP contribution in [-0.4, -0.2) is 17.7 Å². The number of aliphatic hydroxyl groups is 1. The van der Waals surface area contributed by atoms with Gasteiger partial charge in [-0.3, -0.25) is 0 Å². The molecule has 0 unspecified atom stereocenters. The smallest absolute Gasteiger partial charge is 0.333 e. The van der Waals surface area contributed by atoms with E-state index in [1.54, 1.807) is 13.8 Å². The monoisotopic (exact) mass is 157 g/mol. The third kappa shape index (κ3) is 11.9. The van der Waals surface area contributed by atoms with Gasteiger partial charge in [0.25, 0.3) is 6.26 Å². The fraction of sp³-hybridized carbons (Fsp3) is 0.429. The van der Waals surface area contributed by atoms with E-state index in [-0.39, 0.29) is 5.97 Å².